The zero-order chi connectivity index (χ0) is 11.0. The van der Waals surface area contributed by atoms with Gasteiger partial charge in [-0.15, -0.1) is 0 Å². The summed E-state index contributed by atoms with van der Waals surface area (Å²) in [7, 11) is 0. The largest absolute Gasteiger partial charge is 0.314 e. The van der Waals surface area contributed by atoms with Crippen LogP contribution in [-0.4, -0.2) is 12.6 Å². The molecule has 1 nitrogen and oxygen atoms in total. The fourth-order valence-corrected chi connectivity index (χ4v) is 4.40. The smallest absolute Gasteiger partial charge is 0.00980 e. The Balaban J connectivity index is 1.52. The molecule has 0 aromatic carbocycles. The first-order valence-electron chi connectivity index (χ1n) is 7.60. The standard InChI is InChI=1S/C15H27N/c1-2-16-15(7-11-5-3-4-6-11)14-9-12-8-13(12)10-14/h11-16H,2-10H2,1H3. The quantitative estimate of drug-likeness (QED) is 0.748. The van der Waals surface area contributed by atoms with Crippen LogP contribution in [0.2, 0.25) is 0 Å². The molecule has 1 heteroatoms. The van der Waals surface area contributed by atoms with E-state index in [0.29, 0.717) is 0 Å². The van der Waals surface area contributed by atoms with Crippen LogP contribution in [0.3, 0.4) is 0 Å². The van der Waals surface area contributed by atoms with Crippen LogP contribution >= 0.6 is 0 Å². The highest BCUT2D eigenvalue weighted by atomic mass is 14.9. The van der Waals surface area contributed by atoms with E-state index in [0.717, 1.165) is 29.7 Å². The summed E-state index contributed by atoms with van der Waals surface area (Å²) in [5.41, 5.74) is 0. The Morgan fingerprint density at radius 1 is 1.06 bits per heavy atom. The molecule has 0 spiro atoms. The average molecular weight is 221 g/mol. The van der Waals surface area contributed by atoms with Crippen LogP contribution in [0.1, 0.15) is 58.3 Å². The van der Waals surface area contributed by atoms with E-state index in [1.165, 1.54) is 38.6 Å². The van der Waals surface area contributed by atoms with Crippen molar-refractivity contribution in [1.82, 2.24) is 5.32 Å². The molecule has 3 saturated carbocycles. The van der Waals surface area contributed by atoms with E-state index in [2.05, 4.69) is 12.2 Å². The first kappa shape index (κ1) is 11.1. The molecule has 3 rings (SSSR count). The third-order valence-electron chi connectivity index (χ3n) is 5.38. The minimum Gasteiger partial charge on any atom is -0.314 e. The highest BCUT2D eigenvalue weighted by Crippen LogP contribution is 2.55. The first-order chi connectivity index (χ1) is 7.86. The van der Waals surface area contributed by atoms with Crippen LogP contribution in [0.4, 0.5) is 0 Å². The van der Waals surface area contributed by atoms with Crippen LogP contribution in [-0.2, 0) is 0 Å². The Labute approximate surface area is 100 Å². The lowest BCUT2D eigenvalue weighted by Gasteiger charge is -2.28. The summed E-state index contributed by atoms with van der Waals surface area (Å²) in [5, 5.41) is 3.79. The average Bonchev–Trinajstić information content (AvgIpc) is 2.72. The lowest BCUT2D eigenvalue weighted by atomic mass is 9.86. The molecule has 3 aliphatic carbocycles. The van der Waals surface area contributed by atoms with E-state index in [1.807, 2.05) is 0 Å². The Morgan fingerprint density at radius 2 is 1.75 bits per heavy atom. The molecule has 0 aromatic rings. The van der Waals surface area contributed by atoms with Crippen molar-refractivity contribution in [1.29, 1.82) is 0 Å². The maximum atomic E-state index is 3.79. The molecule has 3 unspecified atom stereocenters. The molecule has 3 fully saturated rings. The van der Waals surface area contributed by atoms with Gasteiger partial charge in [0.1, 0.15) is 0 Å². The predicted molar refractivity (Wildman–Crippen MR) is 68.4 cm³/mol. The van der Waals surface area contributed by atoms with Gasteiger partial charge in [0.05, 0.1) is 0 Å². The molecule has 3 aliphatic rings. The van der Waals surface area contributed by atoms with Crippen molar-refractivity contribution in [3.63, 3.8) is 0 Å². The van der Waals surface area contributed by atoms with Crippen molar-refractivity contribution < 1.29 is 0 Å². The molecule has 3 atom stereocenters. The number of rotatable bonds is 5. The Kier molecular flexibility index (Phi) is 3.24. The third-order valence-corrected chi connectivity index (χ3v) is 5.38. The van der Waals surface area contributed by atoms with Crippen molar-refractivity contribution in [3.05, 3.63) is 0 Å². The molecular weight excluding hydrogens is 194 g/mol. The second-order valence-corrected chi connectivity index (χ2v) is 6.54. The Hall–Kier alpha value is -0.0400. The van der Waals surface area contributed by atoms with Gasteiger partial charge >= 0.3 is 0 Å². The summed E-state index contributed by atoms with van der Waals surface area (Å²) in [5.74, 6) is 4.38. The summed E-state index contributed by atoms with van der Waals surface area (Å²) in [6.45, 7) is 3.44. The van der Waals surface area contributed by atoms with Gasteiger partial charge in [0.25, 0.3) is 0 Å². The van der Waals surface area contributed by atoms with Crippen molar-refractivity contribution in [2.24, 2.45) is 23.7 Å². The van der Waals surface area contributed by atoms with E-state index in [9.17, 15) is 0 Å². The molecule has 92 valence electrons. The molecule has 16 heavy (non-hydrogen) atoms. The van der Waals surface area contributed by atoms with E-state index in [-0.39, 0.29) is 0 Å². The maximum Gasteiger partial charge on any atom is 0.00980 e. The molecule has 0 heterocycles. The van der Waals surface area contributed by atoms with Crippen molar-refractivity contribution in [3.8, 4) is 0 Å². The van der Waals surface area contributed by atoms with Gasteiger partial charge in [-0.1, -0.05) is 32.6 Å². The molecule has 0 aliphatic heterocycles. The Bertz CT molecular complexity index is 222. The van der Waals surface area contributed by atoms with Gasteiger partial charge in [-0.2, -0.15) is 0 Å². The SMILES string of the molecule is CCNC(CC1CCCC1)C1CC2CC2C1. The zero-order valence-electron chi connectivity index (χ0n) is 10.8. The zero-order valence-corrected chi connectivity index (χ0v) is 10.8. The van der Waals surface area contributed by atoms with Crippen LogP contribution in [0.15, 0.2) is 0 Å². The van der Waals surface area contributed by atoms with E-state index >= 15 is 0 Å². The lowest BCUT2D eigenvalue weighted by molar-refractivity contribution is 0.283. The molecular formula is C15H27N. The number of hydrogen-bond acceptors (Lipinski definition) is 1. The van der Waals surface area contributed by atoms with E-state index in [4.69, 9.17) is 0 Å². The molecule has 0 saturated heterocycles. The molecule has 0 amide bonds. The fourth-order valence-electron chi connectivity index (χ4n) is 4.40. The van der Waals surface area contributed by atoms with Gasteiger partial charge in [-0.05, 0) is 55.9 Å². The predicted octanol–water partition coefficient (Wildman–Crippen LogP) is 3.59. The second-order valence-electron chi connectivity index (χ2n) is 6.54. The van der Waals surface area contributed by atoms with Crippen molar-refractivity contribution >= 4 is 0 Å². The third kappa shape index (κ3) is 2.30. The molecule has 0 bridgehead atoms. The Morgan fingerprint density at radius 3 is 2.38 bits per heavy atom. The van der Waals surface area contributed by atoms with Gasteiger partial charge in [0.2, 0.25) is 0 Å². The minimum absolute atomic E-state index is 0.862. The highest BCUT2D eigenvalue weighted by molar-refractivity contribution is 4.99. The van der Waals surface area contributed by atoms with Crippen LogP contribution < -0.4 is 5.32 Å². The summed E-state index contributed by atoms with van der Waals surface area (Å²) >= 11 is 0. The minimum atomic E-state index is 0.862. The number of hydrogen-bond donors (Lipinski definition) is 1. The normalized spacial score (nSPS) is 39.9. The maximum absolute atomic E-state index is 3.79. The summed E-state index contributed by atoms with van der Waals surface area (Å²) in [4.78, 5) is 0. The topological polar surface area (TPSA) is 12.0 Å². The number of fused-ring (bicyclic) bond motifs is 1. The summed E-state index contributed by atoms with van der Waals surface area (Å²) < 4.78 is 0. The molecule has 0 radical (unpaired) electrons. The van der Waals surface area contributed by atoms with Gasteiger partial charge in [0, 0.05) is 6.04 Å². The van der Waals surface area contributed by atoms with Gasteiger partial charge < -0.3 is 5.32 Å². The van der Waals surface area contributed by atoms with Gasteiger partial charge in [-0.25, -0.2) is 0 Å². The van der Waals surface area contributed by atoms with E-state index < -0.39 is 0 Å². The van der Waals surface area contributed by atoms with Gasteiger partial charge in [-0.3, -0.25) is 0 Å². The van der Waals surface area contributed by atoms with Crippen molar-refractivity contribution in [2.45, 2.75) is 64.3 Å². The summed E-state index contributed by atoms with van der Waals surface area (Å²) in [6.07, 6.45) is 12.2. The molecule has 1 N–H and O–H groups in total. The first-order valence-corrected chi connectivity index (χ1v) is 7.60. The van der Waals surface area contributed by atoms with E-state index in [1.54, 1.807) is 19.3 Å². The van der Waals surface area contributed by atoms with Crippen molar-refractivity contribution in [2.75, 3.05) is 6.54 Å². The highest BCUT2D eigenvalue weighted by Gasteiger charge is 2.47. The summed E-state index contributed by atoms with van der Waals surface area (Å²) in [6, 6.07) is 0.862. The van der Waals surface area contributed by atoms with Crippen LogP contribution in [0.5, 0.6) is 0 Å². The van der Waals surface area contributed by atoms with Crippen LogP contribution in [0, 0.1) is 23.7 Å². The second kappa shape index (κ2) is 4.68. The molecule has 0 aromatic heterocycles. The van der Waals surface area contributed by atoms with Gasteiger partial charge in [0.15, 0.2) is 0 Å². The number of nitrogens with one attached hydrogen (secondary N) is 1. The van der Waals surface area contributed by atoms with Crippen LogP contribution in [0.25, 0.3) is 0 Å². The fraction of sp³-hybridized carbons (Fsp3) is 1.00. The lowest BCUT2D eigenvalue weighted by Crippen LogP contribution is -2.37. The monoisotopic (exact) mass is 221 g/mol.